The molecule has 1 saturated heterocycles. The van der Waals surface area contributed by atoms with Crippen molar-refractivity contribution in [1.29, 1.82) is 0 Å². The van der Waals surface area contributed by atoms with E-state index >= 15 is 0 Å². The highest BCUT2D eigenvalue weighted by atomic mass is 16.3. The van der Waals surface area contributed by atoms with Crippen molar-refractivity contribution >= 4 is 5.91 Å². The highest BCUT2D eigenvalue weighted by Gasteiger charge is 2.20. The molecule has 5 heteroatoms. The summed E-state index contributed by atoms with van der Waals surface area (Å²) in [6, 6.07) is 1.71. The minimum absolute atomic E-state index is 0.0642. The van der Waals surface area contributed by atoms with Gasteiger partial charge in [0, 0.05) is 6.54 Å². The first-order chi connectivity index (χ1) is 10.6. The Morgan fingerprint density at radius 2 is 2.18 bits per heavy atom. The van der Waals surface area contributed by atoms with Crippen molar-refractivity contribution in [2.75, 3.05) is 26.2 Å². The van der Waals surface area contributed by atoms with E-state index in [1.54, 1.807) is 6.07 Å². The second-order valence-corrected chi connectivity index (χ2v) is 6.68. The fraction of sp³-hybridized carbons (Fsp3) is 0.706. The molecule has 0 unspecified atom stereocenters. The summed E-state index contributed by atoms with van der Waals surface area (Å²) in [6.07, 6.45) is 5.08. The van der Waals surface area contributed by atoms with E-state index in [9.17, 15) is 4.79 Å². The van der Waals surface area contributed by atoms with Crippen molar-refractivity contribution < 1.29 is 9.21 Å². The van der Waals surface area contributed by atoms with Crippen molar-refractivity contribution in [3.8, 4) is 0 Å². The van der Waals surface area contributed by atoms with Crippen molar-refractivity contribution in [1.82, 2.24) is 10.2 Å². The number of nitrogens with two attached hydrogens (primary N) is 1. The van der Waals surface area contributed by atoms with Crippen molar-refractivity contribution in [3.05, 3.63) is 23.7 Å². The van der Waals surface area contributed by atoms with Gasteiger partial charge in [0.05, 0.1) is 12.1 Å². The summed E-state index contributed by atoms with van der Waals surface area (Å²) in [5, 5.41) is 3.01. The zero-order valence-corrected chi connectivity index (χ0v) is 13.8. The van der Waals surface area contributed by atoms with E-state index in [-0.39, 0.29) is 5.91 Å². The van der Waals surface area contributed by atoms with Gasteiger partial charge < -0.3 is 20.4 Å². The normalized spacial score (nSPS) is 17.1. The third-order valence-corrected chi connectivity index (χ3v) is 4.40. The number of carbonyl (C=O) groups is 1. The van der Waals surface area contributed by atoms with Crippen molar-refractivity contribution in [3.63, 3.8) is 0 Å². The maximum atomic E-state index is 12.0. The molecule has 1 fully saturated rings. The Balaban J connectivity index is 1.67. The van der Waals surface area contributed by atoms with Crippen molar-refractivity contribution in [2.24, 2.45) is 17.6 Å². The van der Waals surface area contributed by atoms with Crippen LogP contribution in [0.2, 0.25) is 0 Å². The van der Waals surface area contributed by atoms with Crippen LogP contribution in [0.1, 0.15) is 49.2 Å². The number of rotatable bonds is 7. The van der Waals surface area contributed by atoms with Gasteiger partial charge in [0.25, 0.3) is 5.91 Å². The van der Waals surface area contributed by atoms with Gasteiger partial charge in [-0.2, -0.15) is 0 Å². The number of nitrogens with zero attached hydrogens (tertiary/aromatic N) is 1. The van der Waals surface area contributed by atoms with Gasteiger partial charge in [0.15, 0.2) is 0 Å². The van der Waals surface area contributed by atoms with Gasteiger partial charge in [-0.3, -0.25) is 4.79 Å². The van der Waals surface area contributed by atoms with Crippen LogP contribution in [0.5, 0.6) is 0 Å². The largest absolute Gasteiger partial charge is 0.467 e. The highest BCUT2D eigenvalue weighted by Crippen LogP contribution is 2.17. The molecule has 22 heavy (non-hydrogen) atoms. The number of likely N-dealkylation sites (tertiary alicyclic amines) is 1. The first-order valence-corrected chi connectivity index (χ1v) is 8.36. The molecule has 1 aliphatic rings. The molecule has 0 saturated carbocycles. The summed E-state index contributed by atoms with van der Waals surface area (Å²) >= 11 is 0. The van der Waals surface area contributed by atoms with Gasteiger partial charge in [-0.05, 0) is 56.8 Å². The molecule has 2 heterocycles. The average Bonchev–Trinajstić information content (AvgIpc) is 3.00. The molecule has 5 nitrogen and oxygen atoms in total. The second kappa shape index (κ2) is 8.34. The van der Waals surface area contributed by atoms with E-state index in [4.69, 9.17) is 10.2 Å². The molecule has 1 aromatic rings. The first kappa shape index (κ1) is 17.0. The van der Waals surface area contributed by atoms with Crippen LogP contribution < -0.4 is 11.1 Å². The fourth-order valence-electron chi connectivity index (χ4n) is 2.80. The predicted molar refractivity (Wildman–Crippen MR) is 87.6 cm³/mol. The second-order valence-electron chi connectivity index (χ2n) is 6.68. The van der Waals surface area contributed by atoms with Crippen LogP contribution in [0.25, 0.3) is 0 Å². The molecule has 0 aromatic carbocycles. The smallest absolute Gasteiger partial charge is 0.254 e. The summed E-state index contributed by atoms with van der Waals surface area (Å²) in [4.78, 5) is 14.6. The van der Waals surface area contributed by atoms with Gasteiger partial charge in [-0.1, -0.05) is 13.8 Å². The SMILES string of the molecule is CC(C)CCN1CCC(CNC(=O)c2coc(CN)c2)CC1. The zero-order valence-electron chi connectivity index (χ0n) is 13.8. The number of piperidine rings is 1. The Morgan fingerprint density at radius 1 is 1.45 bits per heavy atom. The van der Waals surface area contributed by atoms with Gasteiger partial charge in [0.2, 0.25) is 0 Å². The summed E-state index contributed by atoms with van der Waals surface area (Å²) in [5.74, 6) is 1.93. The van der Waals surface area contributed by atoms with Gasteiger partial charge in [-0.15, -0.1) is 0 Å². The minimum atomic E-state index is -0.0642. The van der Waals surface area contributed by atoms with Gasteiger partial charge in [0.1, 0.15) is 12.0 Å². The summed E-state index contributed by atoms with van der Waals surface area (Å²) in [7, 11) is 0. The number of nitrogens with one attached hydrogen (secondary N) is 1. The monoisotopic (exact) mass is 307 g/mol. The van der Waals surface area contributed by atoms with Gasteiger partial charge >= 0.3 is 0 Å². The Hall–Kier alpha value is -1.33. The van der Waals surface area contributed by atoms with Crippen LogP contribution in [0, 0.1) is 11.8 Å². The summed E-state index contributed by atoms with van der Waals surface area (Å²) in [5.41, 5.74) is 6.04. The molecule has 1 amide bonds. The minimum Gasteiger partial charge on any atom is -0.467 e. The molecular weight excluding hydrogens is 278 g/mol. The van der Waals surface area contributed by atoms with Crippen LogP contribution in [0.3, 0.4) is 0 Å². The van der Waals surface area contributed by atoms with E-state index in [2.05, 4.69) is 24.1 Å². The van der Waals surface area contributed by atoms with E-state index < -0.39 is 0 Å². The fourth-order valence-corrected chi connectivity index (χ4v) is 2.80. The van der Waals surface area contributed by atoms with Crippen LogP contribution >= 0.6 is 0 Å². The molecule has 0 spiro atoms. The predicted octanol–water partition coefficient (Wildman–Crippen LogP) is 2.23. The van der Waals surface area contributed by atoms with Crippen LogP contribution in [0.4, 0.5) is 0 Å². The molecule has 0 aliphatic carbocycles. The van der Waals surface area contributed by atoms with Gasteiger partial charge in [-0.25, -0.2) is 0 Å². The Bertz CT molecular complexity index is 462. The molecule has 1 aromatic heterocycles. The summed E-state index contributed by atoms with van der Waals surface area (Å²) < 4.78 is 5.19. The zero-order chi connectivity index (χ0) is 15.9. The molecule has 0 atom stereocenters. The quantitative estimate of drug-likeness (QED) is 0.810. The third-order valence-electron chi connectivity index (χ3n) is 4.40. The topological polar surface area (TPSA) is 71.5 Å². The van der Waals surface area contributed by atoms with Crippen LogP contribution in [-0.2, 0) is 6.54 Å². The van der Waals surface area contributed by atoms with E-state index in [1.807, 2.05) is 0 Å². The molecule has 0 bridgehead atoms. The number of amides is 1. The molecule has 0 radical (unpaired) electrons. The van der Waals surface area contributed by atoms with E-state index in [1.165, 1.54) is 19.2 Å². The lowest BCUT2D eigenvalue weighted by atomic mass is 9.96. The highest BCUT2D eigenvalue weighted by molar-refractivity contribution is 5.93. The van der Waals surface area contributed by atoms with E-state index in [0.29, 0.717) is 23.8 Å². The standard InChI is InChI=1S/C17H29N3O2/c1-13(2)3-6-20-7-4-14(5-8-20)11-19-17(21)15-9-16(10-18)22-12-15/h9,12-14H,3-8,10-11,18H2,1-2H3,(H,19,21). The lowest BCUT2D eigenvalue weighted by Crippen LogP contribution is -2.39. The van der Waals surface area contributed by atoms with Crippen LogP contribution in [0.15, 0.2) is 16.7 Å². The van der Waals surface area contributed by atoms with Crippen molar-refractivity contribution in [2.45, 2.75) is 39.7 Å². The Morgan fingerprint density at radius 3 is 2.77 bits per heavy atom. The number of furan rings is 1. The summed E-state index contributed by atoms with van der Waals surface area (Å²) in [6.45, 7) is 9.12. The molecule has 3 N–H and O–H groups in total. The lowest BCUT2D eigenvalue weighted by molar-refractivity contribution is 0.0934. The molecule has 1 aliphatic heterocycles. The third kappa shape index (κ3) is 5.14. The first-order valence-electron chi connectivity index (χ1n) is 8.36. The number of hydrogen-bond acceptors (Lipinski definition) is 4. The Labute approximate surface area is 133 Å². The lowest BCUT2D eigenvalue weighted by Gasteiger charge is -2.32. The maximum absolute atomic E-state index is 12.0. The number of hydrogen-bond donors (Lipinski definition) is 2. The average molecular weight is 307 g/mol. The number of carbonyl (C=O) groups excluding carboxylic acids is 1. The molecular formula is C17H29N3O2. The maximum Gasteiger partial charge on any atom is 0.254 e. The Kier molecular flexibility index (Phi) is 6.46. The molecule has 124 valence electrons. The molecule has 2 rings (SSSR count). The van der Waals surface area contributed by atoms with Crippen LogP contribution in [-0.4, -0.2) is 37.0 Å². The van der Waals surface area contributed by atoms with E-state index in [0.717, 1.165) is 38.4 Å².